The highest BCUT2D eigenvalue weighted by atomic mass is 16.5. The highest BCUT2D eigenvalue weighted by Crippen LogP contribution is 2.35. The van der Waals surface area contributed by atoms with Gasteiger partial charge < -0.3 is 19.7 Å². The molecule has 0 saturated carbocycles. The third kappa shape index (κ3) is 3.41. The molecule has 7 nitrogen and oxygen atoms in total. The number of benzene rings is 2. The molecule has 1 unspecified atom stereocenters. The normalized spacial score (nSPS) is 16.5. The van der Waals surface area contributed by atoms with Gasteiger partial charge in [-0.25, -0.2) is 0 Å². The lowest BCUT2D eigenvalue weighted by Gasteiger charge is -2.13. The van der Waals surface area contributed by atoms with Crippen molar-refractivity contribution in [3.63, 3.8) is 0 Å². The Hall–Kier alpha value is -3.19. The number of nitrogens with one attached hydrogen (secondary N) is 1. The fraction of sp³-hybridized carbons (Fsp3) is 0.250. The number of hydrogen-bond acceptors (Lipinski definition) is 6. The van der Waals surface area contributed by atoms with E-state index in [1.807, 2.05) is 18.2 Å². The van der Waals surface area contributed by atoms with Crippen molar-refractivity contribution in [2.45, 2.75) is 26.0 Å². The van der Waals surface area contributed by atoms with Gasteiger partial charge in [0.05, 0.1) is 12.1 Å². The fourth-order valence-electron chi connectivity index (χ4n) is 3.07. The number of aliphatic hydroxyl groups is 1. The number of nitrogens with zero attached hydrogens (tertiary/aromatic N) is 2. The summed E-state index contributed by atoms with van der Waals surface area (Å²) in [6, 6.07) is 12.3. The topological polar surface area (TPSA) is 97.5 Å². The molecule has 138 valence electrons. The summed E-state index contributed by atoms with van der Waals surface area (Å²) in [5, 5.41) is 16.6. The lowest BCUT2D eigenvalue weighted by molar-refractivity contribution is 0.0930. The molecule has 0 saturated heterocycles. The van der Waals surface area contributed by atoms with Crippen LogP contribution in [0, 0.1) is 6.92 Å². The van der Waals surface area contributed by atoms with Crippen molar-refractivity contribution >= 4 is 5.91 Å². The molecule has 2 N–H and O–H groups in total. The molecule has 1 amide bonds. The van der Waals surface area contributed by atoms with E-state index in [9.17, 15) is 9.90 Å². The first-order chi connectivity index (χ1) is 13.0. The van der Waals surface area contributed by atoms with Gasteiger partial charge in [0.1, 0.15) is 12.4 Å². The molecule has 0 fully saturated rings. The van der Waals surface area contributed by atoms with Crippen LogP contribution in [-0.2, 0) is 0 Å². The van der Waals surface area contributed by atoms with Gasteiger partial charge in [-0.15, -0.1) is 0 Å². The second-order valence-electron chi connectivity index (χ2n) is 6.53. The average Bonchev–Trinajstić information content (AvgIpc) is 3.28. The number of amides is 1. The minimum absolute atomic E-state index is 0.211. The predicted molar refractivity (Wildman–Crippen MR) is 97.2 cm³/mol. The second kappa shape index (κ2) is 6.85. The summed E-state index contributed by atoms with van der Waals surface area (Å²) in [7, 11) is 0. The standard InChI is InChI=1S/C20H19N3O4/c1-11(24)13-4-3-5-15(8-13)20(25)22-17-10-26-18-9-14(6-7-16(17)18)19-21-12(2)27-23-19/h3-9,11,17,24H,10H2,1-2H3,(H,22,25)/t11?,17-/m1/s1. The second-order valence-corrected chi connectivity index (χ2v) is 6.53. The largest absolute Gasteiger partial charge is 0.491 e. The third-order valence-electron chi connectivity index (χ3n) is 4.52. The Morgan fingerprint density at radius 2 is 2.15 bits per heavy atom. The minimum Gasteiger partial charge on any atom is -0.491 e. The molecule has 2 atom stereocenters. The highest BCUT2D eigenvalue weighted by Gasteiger charge is 2.27. The Morgan fingerprint density at radius 1 is 1.30 bits per heavy atom. The SMILES string of the molecule is Cc1nc(-c2ccc3c(c2)OC[C@H]3NC(=O)c2cccc(C(C)O)c2)no1. The number of aryl methyl sites for hydroxylation is 1. The van der Waals surface area contributed by atoms with Crippen molar-refractivity contribution in [3.05, 3.63) is 65.0 Å². The van der Waals surface area contributed by atoms with Crippen molar-refractivity contribution in [1.82, 2.24) is 15.5 Å². The highest BCUT2D eigenvalue weighted by molar-refractivity contribution is 5.94. The van der Waals surface area contributed by atoms with Crippen LogP contribution in [0.4, 0.5) is 0 Å². The van der Waals surface area contributed by atoms with Crippen LogP contribution in [0.2, 0.25) is 0 Å². The van der Waals surface area contributed by atoms with E-state index >= 15 is 0 Å². The van der Waals surface area contributed by atoms with E-state index in [2.05, 4.69) is 15.5 Å². The van der Waals surface area contributed by atoms with Gasteiger partial charge in [-0.3, -0.25) is 4.79 Å². The van der Waals surface area contributed by atoms with Crippen molar-refractivity contribution < 1.29 is 19.2 Å². The zero-order valence-corrected chi connectivity index (χ0v) is 15.0. The molecule has 1 aliphatic heterocycles. The molecular weight excluding hydrogens is 346 g/mol. The van der Waals surface area contributed by atoms with Crippen LogP contribution in [0.3, 0.4) is 0 Å². The zero-order chi connectivity index (χ0) is 19.0. The van der Waals surface area contributed by atoms with E-state index in [0.717, 1.165) is 11.1 Å². The summed E-state index contributed by atoms with van der Waals surface area (Å²) in [5.74, 6) is 1.48. The number of rotatable bonds is 4. The van der Waals surface area contributed by atoms with Crippen LogP contribution >= 0.6 is 0 Å². The molecule has 3 aromatic rings. The molecule has 27 heavy (non-hydrogen) atoms. The number of aromatic nitrogens is 2. The monoisotopic (exact) mass is 365 g/mol. The van der Waals surface area contributed by atoms with E-state index < -0.39 is 6.10 Å². The van der Waals surface area contributed by atoms with Gasteiger partial charge in [-0.05, 0) is 30.7 Å². The summed E-state index contributed by atoms with van der Waals surface area (Å²) in [6.07, 6.45) is -0.625. The fourth-order valence-corrected chi connectivity index (χ4v) is 3.07. The van der Waals surface area contributed by atoms with Gasteiger partial charge in [0.25, 0.3) is 5.91 Å². The number of aliphatic hydroxyl groups excluding tert-OH is 1. The van der Waals surface area contributed by atoms with Crippen LogP contribution in [0.15, 0.2) is 47.0 Å². The molecule has 0 bridgehead atoms. The zero-order valence-electron chi connectivity index (χ0n) is 15.0. The maximum absolute atomic E-state index is 12.6. The Morgan fingerprint density at radius 3 is 2.89 bits per heavy atom. The van der Waals surface area contributed by atoms with Crippen LogP contribution in [0.1, 0.15) is 46.4 Å². The van der Waals surface area contributed by atoms with Gasteiger partial charge in [-0.1, -0.05) is 29.4 Å². The number of ether oxygens (including phenoxy) is 1. The molecule has 7 heteroatoms. The molecule has 2 heterocycles. The summed E-state index contributed by atoms with van der Waals surface area (Å²) >= 11 is 0. The predicted octanol–water partition coefficient (Wildman–Crippen LogP) is 2.96. The van der Waals surface area contributed by atoms with Gasteiger partial charge in [0.15, 0.2) is 0 Å². The Balaban J connectivity index is 1.53. The van der Waals surface area contributed by atoms with E-state index in [1.165, 1.54) is 0 Å². The Kier molecular flexibility index (Phi) is 4.37. The first kappa shape index (κ1) is 17.2. The Labute approximate surface area is 156 Å². The van der Waals surface area contributed by atoms with E-state index in [1.54, 1.807) is 38.1 Å². The lowest BCUT2D eigenvalue weighted by atomic mass is 10.0. The summed E-state index contributed by atoms with van der Waals surface area (Å²) < 4.78 is 10.7. The first-order valence-electron chi connectivity index (χ1n) is 8.67. The maximum atomic E-state index is 12.6. The Bertz CT molecular complexity index is 996. The molecule has 2 aromatic carbocycles. The molecule has 0 aliphatic carbocycles. The van der Waals surface area contributed by atoms with E-state index in [4.69, 9.17) is 9.26 Å². The van der Waals surface area contributed by atoms with Gasteiger partial charge >= 0.3 is 0 Å². The number of hydrogen-bond donors (Lipinski definition) is 2. The average molecular weight is 365 g/mol. The van der Waals surface area contributed by atoms with Crippen molar-refractivity contribution in [2.24, 2.45) is 0 Å². The van der Waals surface area contributed by atoms with Gasteiger partial charge in [0, 0.05) is 23.6 Å². The van der Waals surface area contributed by atoms with Crippen LogP contribution in [0.5, 0.6) is 5.75 Å². The molecule has 1 aliphatic rings. The quantitative estimate of drug-likeness (QED) is 0.738. The lowest BCUT2D eigenvalue weighted by Crippen LogP contribution is -2.29. The van der Waals surface area contributed by atoms with Gasteiger partial charge in [0.2, 0.25) is 11.7 Å². The molecule has 0 radical (unpaired) electrons. The smallest absolute Gasteiger partial charge is 0.251 e. The van der Waals surface area contributed by atoms with Crippen molar-refractivity contribution in [2.75, 3.05) is 6.61 Å². The first-order valence-corrected chi connectivity index (χ1v) is 8.67. The molecule has 4 rings (SSSR count). The molecule has 1 aromatic heterocycles. The third-order valence-corrected chi connectivity index (χ3v) is 4.52. The van der Waals surface area contributed by atoms with Gasteiger partial charge in [-0.2, -0.15) is 4.98 Å². The summed E-state index contributed by atoms with van der Waals surface area (Å²) in [5.41, 5.74) is 2.90. The van der Waals surface area contributed by atoms with E-state index in [-0.39, 0.29) is 11.9 Å². The minimum atomic E-state index is -0.625. The van der Waals surface area contributed by atoms with E-state index in [0.29, 0.717) is 35.2 Å². The van der Waals surface area contributed by atoms with Crippen LogP contribution in [0.25, 0.3) is 11.4 Å². The van der Waals surface area contributed by atoms with Crippen molar-refractivity contribution in [1.29, 1.82) is 0 Å². The summed E-state index contributed by atoms with van der Waals surface area (Å²) in [6.45, 7) is 3.76. The maximum Gasteiger partial charge on any atom is 0.251 e. The number of carbonyl (C=O) groups excluding carboxylic acids is 1. The summed E-state index contributed by atoms with van der Waals surface area (Å²) in [4.78, 5) is 16.8. The molecular formula is C20H19N3O4. The van der Waals surface area contributed by atoms with Crippen LogP contribution in [-0.4, -0.2) is 27.8 Å². The van der Waals surface area contributed by atoms with Crippen LogP contribution < -0.4 is 10.1 Å². The molecule has 0 spiro atoms. The van der Waals surface area contributed by atoms with Crippen molar-refractivity contribution in [3.8, 4) is 17.1 Å². The number of carbonyl (C=O) groups is 1. The number of fused-ring (bicyclic) bond motifs is 1.